The van der Waals surface area contributed by atoms with E-state index in [1.54, 1.807) is 0 Å². The van der Waals surface area contributed by atoms with Crippen molar-refractivity contribution in [2.45, 2.75) is 131 Å². The van der Waals surface area contributed by atoms with Crippen LogP contribution >= 0.6 is 0 Å². The second kappa shape index (κ2) is 18.6. The lowest BCUT2D eigenvalue weighted by molar-refractivity contribution is 0.558. The quantitative estimate of drug-likeness (QED) is 0.121. The lowest BCUT2D eigenvalue weighted by Gasteiger charge is -2.08. The number of nitrogens with zero attached hydrogens (tertiary/aromatic N) is 2. The van der Waals surface area contributed by atoms with Gasteiger partial charge in [-0.2, -0.15) is 0 Å². The highest BCUT2D eigenvalue weighted by Crippen LogP contribution is 2.21. The third kappa shape index (κ3) is 12.3. The van der Waals surface area contributed by atoms with Crippen molar-refractivity contribution in [3.63, 3.8) is 0 Å². The molecule has 2 aromatic carbocycles. The average molecular weight is 513 g/mol. The summed E-state index contributed by atoms with van der Waals surface area (Å²) >= 11 is 0. The smallest absolute Gasteiger partial charge is 0.135 e. The van der Waals surface area contributed by atoms with Crippen LogP contribution in [0.25, 0.3) is 0 Å². The molecule has 0 aliphatic rings. The van der Waals surface area contributed by atoms with Crippen molar-refractivity contribution in [3.05, 3.63) is 58.7 Å². The molecule has 0 aromatic heterocycles. The largest absolute Gasteiger partial charge is 0.251 e. The molecule has 0 aliphatic carbocycles. The Morgan fingerprint density at radius 1 is 0.579 bits per heavy atom. The van der Waals surface area contributed by atoms with Crippen LogP contribution in [0.15, 0.2) is 46.4 Å². The Kier molecular flexibility index (Phi) is 15.4. The summed E-state index contributed by atoms with van der Waals surface area (Å²) in [4.78, 5) is 10.1. The van der Waals surface area contributed by atoms with Crippen molar-refractivity contribution in [2.24, 2.45) is 9.98 Å². The molecule has 0 radical (unpaired) electrons. The van der Waals surface area contributed by atoms with Gasteiger partial charge in [0.05, 0.1) is 17.1 Å². The molecule has 2 rings (SSSR count). The van der Waals surface area contributed by atoms with Crippen LogP contribution in [-0.2, 0) is 0 Å². The molecule has 0 saturated carbocycles. The molecule has 0 unspecified atom stereocenters. The molecule has 0 N–H and O–H groups in total. The van der Waals surface area contributed by atoms with Gasteiger partial charge in [-0.05, 0) is 99.4 Å². The maximum Gasteiger partial charge on any atom is 0.135 e. The van der Waals surface area contributed by atoms with Crippen molar-refractivity contribution < 1.29 is 0 Å². The second-order valence-electron chi connectivity index (χ2n) is 10.9. The molecule has 2 nitrogen and oxygen atoms in total. The van der Waals surface area contributed by atoms with E-state index in [4.69, 9.17) is 9.98 Å². The summed E-state index contributed by atoms with van der Waals surface area (Å²) in [6.07, 6.45) is 17.5. The summed E-state index contributed by atoms with van der Waals surface area (Å²) < 4.78 is 0. The van der Waals surface area contributed by atoms with E-state index in [1.165, 1.54) is 86.5 Å². The number of aliphatic imine (C=N–C) groups is 2. The van der Waals surface area contributed by atoms with E-state index in [0.717, 1.165) is 48.5 Å². The number of aryl methyl sites for hydroxylation is 4. The van der Waals surface area contributed by atoms with Crippen LogP contribution in [0.2, 0.25) is 0 Å². The van der Waals surface area contributed by atoms with Crippen LogP contribution < -0.4 is 0 Å². The monoisotopic (exact) mass is 512 g/mol. The number of hydrogen-bond acceptors (Lipinski definition) is 2. The molecule has 0 aliphatic heterocycles. The Morgan fingerprint density at radius 2 is 1.08 bits per heavy atom. The van der Waals surface area contributed by atoms with Crippen LogP contribution in [0.4, 0.5) is 11.4 Å². The van der Waals surface area contributed by atoms with E-state index in [9.17, 15) is 0 Å². The summed E-state index contributed by atoms with van der Waals surface area (Å²) in [5.41, 5.74) is 8.87. The third-order valence-electron chi connectivity index (χ3n) is 7.39. The van der Waals surface area contributed by atoms with Gasteiger partial charge in [0.2, 0.25) is 0 Å². The minimum absolute atomic E-state index is 0.826. The molecule has 0 heterocycles. The fourth-order valence-corrected chi connectivity index (χ4v) is 4.46. The molecule has 0 saturated heterocycles. The van der Waals surface area contributed by atoms with Crippen molar-refractivity contribution in [1.29, 1.82) is 0 Å². The van der Waals surface area contributed by atoms with Crippen LogP contribution in [0.5, 0.6) is 0 Å². The topological polar surface area (TPSA) is 24.7 Å². The maximum absolute atomic E-state index is 5.09. The zero-order valence-corrected chi connectivity index (χ0v) is 25.3. The minimum atomic E-state index is 0.826. The highest BCUT2D eigenvalue weighted by atomic mass is 14.8. The van der Waals surface area contributed by atoms with Crippen LogP contribution in [0.1, 0.15) is 126 Å². The molecule has 2 aromatic rings. The summed E-state index contributed by atoms with van der Waals surface area (Å²) in [6.45, 7) is 13.1. The SMILES string of the molecule is CCCCCCCCCCCCC#CC(=Nc1ccc(C)c(C)c1)C(CCCC)=Nc1ccc(C)c(C)c1. The van der Waals surface area contributed by atoms with E-state index in [-0.39, 0.29) is 0 Å². The summed E-state index contributed by atoms with van der Waals surface area (Å²) in [5, 5.41) is 0. The molecule has 0 bridgehead atoms. The summed E-state index contributed by atoms with van der Waals surface area (Å²) in [7, 11) is 0. The first-order chi connectivity index (χ1) is 18.4. The zero-order valence-electron chi connectivity index (χ0n) is 25.3. The van der Waals surface area contributed by atoms with Gasteiger partial charge in [-0.25, -0.2) is 4.99 Å². The molecular formula is C36H52N2. The Morgan fingerprint density at radius 3 is 1.61 bits per heavy atom. The number of benzene rings is 2. The van der Waals surface area contributed by atoms with Gasteiger partial charge in [0.25, 0.3) is 0 Å². The highest BCUT2D eigenvalue weighted by Gasteiger charge is 2.09. The van der Waals surface area contributed by atoms with Gasteiger partial charge in [-0.1, -0.05) is 96.1 Å². The van der Waals surface area contributed by atoms with Gasteiger partial charge in [-0.3, -0.25) is 4.99 Å². The Hall–Kier alpha value is -2.66. The highest BCUT2D eigenvalue weighted by molar-refractivity contribution is 6.49. The predicted molar refractivity (Wildman–Crippen MR) is 170 cm³/mol. The first-order valence-corrected chi connectivity index (χ1v) is 15.2. The number of unbranched alkanes of at least 4 members (excludes halogenated alkanes) is 11. The van der Waals surface area contributed by atoms with Crippen LogP contribution in [0.3, 0.4) is 0 Å². The Labute approximate surface area is 234 Å². The van der Waals surface area contributed by atoms with Gasteiger partial charge < -0.3 is 0 Å². The molecule has 0 spiro atoms. The lowest BCUT2D eigenvalue weighted by atomic mass is 10.1. The molecule has 0 fully saturated rings. The summed E-state index contributed by atoms with van der Waals surface area (Å²) in [5.74, 6) is 6.92. The predicted octanol–water partition coefficient (Wildman–Crippen LogP) is 11.3. The van der Waals surface area contributed by atoms with Gasteiger partial charge >= 0.3 is 0 Å². The van der Waals surface area contributed by atoms with Gasteiger partial charge in [0.15, 0.2) is 0 Å². The molecule has 206 valence electrons. The molecule has 2 heteroatoms. The first-order valence-electron chi connectivity index (χ1n) is 15.2. The van der Waals surface area contributed by atoms with E-state index >= 15 is 0 Å². The molecular weight excluding hydrogens is 460 g/mol. The fourth-order valence-electron chi connectivity index (χ4n) is 4.46. The zero-order chi connectivity index (χ0) is 27.6. The van der Waals surface area contributed by atoms with Crippen molar-refractivity contribution >= 4 is 22.8 Å². The third-order valence-corrected chi connectivity index (χ3v) is 7.39. The minimum Gasteiger partial charge on any atom is -0.251 e. The average Bonchev–Trinajstić information content (AvgIpc) is 2.90. The van der Waals surface area contributed by atoms with Gasteiger partial charge in [0, 0.05) is 6.42 Å². The van der Waals surface area contributed by atoms with E-state index in [1.807, 2.05) is 0 Å². The van der Waals surface area contributed by atoms with E-state index in [2.05, 4.69) is 89.8 Å². The van der Waals surface area contributed by atoms with E-state index < -0.39 is 0 Å². The van der Waals surface area contributed by atoms with Gasteiger partial charge in [0.1, 0.15) is 5.71 Å². The van der Waals surface area contributed by atoms with Crippen molar-refractivity contribution in [3.8, 4) is 11.8 Å². The first kappa shape index (κ1) is 31.6. The van der Waals surface area contributed by atoms with Crippen LogP contribution in [0, 0.1) is 39.5 Å². The number of rotatable bonds is 16. The van der Waals surface area contributed by atoms with E-state index in [0.29, 0.717) is 0 Å². The Balaban J connectivity index is 2.14. The van der Waals surface area contributed by atoms with Crippen molar-refractivity contribution in [2.75, 3.05) is 0 Å². The normalized spacial score (nSPS) is 11.9. The summed E-state index contributed by atoms with van der Waals surface area (Å²) in [6, 6.07) is 12.8. The van der Waals surface area contributed by atoms with Crippen molar-refractivity contribution in [1.82, 2.24) is 0 Å². The standard InChI is InChI=1S/C36H52N2/c1-7-9-11-12-13-14-15-16-17-18-19-20-22-36(38-34-26-24-30(4)32(6)28-34)35(21-10-8-2)37-33-25-23-29(3)31(5)27-33/h23-28H,7-19,21H2,1-6H3. The molecule has 38 heavy (non-hydrogen) atoms. The Bertz CT molecular complexity index is 1090. The fraction of sp³-hybridized carbons (Fsp3) is 0.556. The lowest BCUT2D eigenvalue weighted by Crippen LogP contribution is -2.12. The molecule has 0 amide bonds. The number of hydrogen-bond donors (Lipinski definition) is 0. The maximum atomic E-state index is 5.09. The molecule has 0 atom stereocenters. The van der Waals surface area contributed by atoms with Crippen LogP contribution in [-0.4, -0.2) is 11.4 Å². The van der Waals surface area contributed by atoms with Gasteiger partial charge in [-0.15, -0.1) is 0 Å². The second-order valence-corrected chi connectivity index (χ2v) is 10.9.